The highest BCUT2D eigenvalue weighted by atomic mass is 16.5. The summed E-state index contributed by atoms with van der Waals surface area (Å²) >= 11 is 0. The van der Waals surface area contributed by atoms with Crippen LogP contribution in [0.15, 0.2) is 77.6 Å². The zero-order valence-electron chi connectivity index (χ0n) is 19.3. The number of hydrogen-bond donors (Lipinski definition) is 0. The highest BCUT2D eigenvalue weighted by Gasteiger charge is 2.11. The summed E-state index contributed by atoms with van der Waals surface area (Å²) in [5, 5.41) is 9.59. The average molecular weight is 455 g/mol. The fourth-order valence-electron chi connectivity index (χ4n) is 3.89. The summed E-state index contributed by atoms with van der Waals surface area (Å²) in [4.78, 5) is 12.5. The van der Waals surface area contributed by atoms with Gasteiger partial charge < -0.3 is 18.8 Å². The van der Waals surface area contributed by atoms with E-state index in [4.69, 9.17) is 19.5 Å². The minimum atomic E-state index is -0.0203. The van der Waals surface area contributed by atoms with Crippen LogP contribution < -0.4 is 19.6 Å². The van der Waals surface area contributed by atoms with Crippen molar-refractivity contribution in [2.75, 3.05) is 6.61 Å². The topological polar surface area (TPSA) is 73.5 Å². The number of hydrogen-bond acceptors (Lipinski definition) is 5. The van der Waals surface area contributed by atoms with E-state index in [1.807, 2.05) is 91.3 Å². The van der Waals surface area contributed by atoms with Crippen molar-refractivity contribution in [3.63, 3.8) is 0 Å². The number of fused-ring (bicyclic) bond motifs is 1. The van der Waals surface area contributed by atoms with Crippen molar-refractivity contribution in [1.82, 2.24) is 4.57 Å². The average Bonchev–Trinajstić information content (AvgIpc) is 2.87. The summed E-state index contributed by atoms with van der Waals surface area (Å²) in [6, 6.07) is 24.5. The molecule has 6 nitrogen and oxygen atoms in total. The molecule has 3 aromatic carbocycles. The second-order valence-electron chi connectivity index (χ2n) is 7.83. The van der Waals surface area contributed by atoms with Crippen molar-refractivity contribution >= 4 is 10.9 Å². The number of aromatic nitrogens is 1. The Morgan fingerprint density at radius 3 is 2.32 bits per heavy atom. The molecule has 0 radical (unpaired) electrons. The van der Waals surface area contributed by atoms with Gasteiger partial charge >= 0.3 is 0 Å². The van der Waals surface area contributed by atoms with E-state index in [0.29, 0.717) is 29.2 Å². The Balaban J connectivity index is 1.47. The molecule has 4 aromatic rings. The van der Waals surface area contributed by atoms with Gasteiger partial charge in [-0.15, -0.1) is 0 Å². The lowest BCUT2D eigenvalue weighted by molar-refractivity contribution is 0.279. The number of nitrogens with zero attached hydrogens (tertiary/aromatic N) is 2. The van der Waals surface area contributed by atoms with Crippen molar-refractivity contribution < 1.29 is 14.2 Å². The molecule has 0 saturated carbocycles. The first kappa shape index (κ1) is 22.9. The minimum absolute atomic E-state index is 0.00931. The third-order valence-electron chi connectivity index (χ3n) is 5.69. The second kappa shape index (κ2) is 10.6. The van der Waals surface area contributed by atoms with E-state index >= 15 is 0 Å². The number of ether oxygens (including phenoxy) is 3. The predicted octanol–water partition coefficient (Wildman–Crippen LogP) is 5.16. The number of rotatable bonds is 9. The quantitative estimate of drug-likeness (QED) is 0.349. The molecule has 0 aliphatic heterocycles. The van der Waals surface area contributed by atoms with E-state index in [2.05, 4.69) is 0 Å². The first-order valence-electron chi connectivity index (χ1n) is 11.1. The minimum Gasteiger partial charge on any atom is -0.489 e. The third-order valence-corrected chi connectivity index (χ3v) is 5.69. The first-order chi connectivity index (χ1) is 16.6. The Hall–Kier alpha value is -4.24. The van der Waals surface area contributed by atoms with Gasteiger partial charge in [0.05, 0.1) is 11.2 Å². The Bertz CT molecular complexity index is 1400. The zero-order valence-corrected chi connectivity index (χ0v) is 19.3. The van der Waals surface area contributed by atoms with Gasteiger partial charge in [-0.3, -0.25) is 4.79 Å². The van der Waals surface area contributed by atoms with Gasteiger partial charge in [-0.05, 0) is 36.2 Å². The molecule has 172 valence electrons. The second-order valence-corrected chi connectivity index (χ2v) is 7.83. The van der Waals surface area contributed by atoms with Crippen molar-refractivity contribution in [1.29, 1.82) is 5.26 Å². The van der Waals surface area contributed by atoms with Gasteiger partial charge in [0.25, 0.3) is 0 Å². The smallest absolute Gasteiger partial charge is 0.189 e. The van der Waals surface area contributed by atoms with Crippen LogP contribution >= 0.6 is 0 Å². The fourth-order valence-corrected chi connectivity index (χ4v) is 3.89. The zero-order chi connectivity index (χ0) is 23.9. The van der Waals surface area contributed by atoms with E-state index in [1.54, 1.807) is 6.07 Å². The molecule has 0 amide bonds. The molecule has 1 heterocycles. The molecule has 0 spiro atoms. The van der Waals surface area contributed by atoms with Crippen LogP contribution in [0.4, 0.5) is 0 Å². The number of benzene rings is 3. The van der Waals surface area contributed by atoms with Crippen molar-refractivity contribution in [3.05, 3.63) is 99.8 Å². The fraction of sp³-hybridized carbons (Fsp3) is 0.214. The van der Waals surface area contributed by atoms with E-state index < -0.39 is 0 Å². The number of aryl methyl sites for hydroxylation is 2. The van der Waals surface area contributed by atoms with Gasteiger partial charge in [0, 0.05) is 30.1 Å². The summed E-state index contributed by atoms with van der Waals surface area (Å²) < 4.78 is 19.6. The van der Waals surface area contributed by atoms with Crippen LogP contribution in [0.1, 0.15) is 23.7 Å². The summed E-state index contributed by atoms with van der Waals surface area (Å²) in [6.07, 6.45) is 0.801. The normalized spacial score (nSPS) is 10.6. The molecular weight excluding hydrogens is 428 g/mol. The standard InChI is InChI=1S/C28H26N2O4/c1-3-20-8-6-9-21(28(20)32-15-14-29)18-33-23-10-7-11-24(17-23)34-19-22-16-27(31)25-12-4-5-13-26(25)30(22)2/h4-13,16-17H,3,15,18-19H2,1-2H3. The van der Waals surface area contributed by atoms with Gasteiger partial charge in [-0.2, -0.15) is 5.26 Å². The molecular formula is C28H26N2O4. The highest BCUT2D eigenvalue weighted by Crippen LogP contribution is 2.27. The van der Waals surface area contributed by atoms with Crippen molar-refractivity contribution in [2.45, 2.75) is 26.6 Å². The summed E-state index contributed by atoms with van der Waals surface area (Å²) in [5.74, 6) is 2.00. The van der Waals surface area contributed by atoms with E-state index in [9.17, 15) is 4.79 Å². The van der Waals surface area contributed by atoms with Crippen molar-refractivity contribution in [2.24, 2.45) is 7.05 Å². The molecule has 0 fully saturated rings. The lowest BCUT2D eigenvalue weighted by atomic mass is 10.1. The van der Waals surface area contributed by atoms with Crippen LogP contribution in [-0.2, 0) is 26.7 Å². The number of pyridine rings is 1. The van der Waals surface area contributed by atoms with Gasteiger partial charge in [0.15, 0.2) is 12.0 Å². The molecule has 0 atom stereocenters. The Kier molecular flexibility index (Phi) is 7.14. The van der Waals surface area contributed by atoms with E-state index in [-0.39, 0.29) is 18.6 Å². The van der Waals surface area contributed by atoms with Crippen LogP contribution in [0.2, 0.25) is 0 Å². The molecule has 0 unspecified atom stereocenters. The highest BCUT2D eigenvalue weighted by molar-refractivity contribution is 5.79. The monoisotopic (exact) mass is 454 g/mol. The number of para-hydroxylation sites is 2. The molecule has 0 N–H and O–H groups in total. The molecule has 0 bridgehead atoms. The molecule has 34 heavy (non-hydrogen) atoms. The largest absolute Gasteiger partial charge is 0.489 e. The van der Waals surface area contributed by atoms with Gasteiger partial charge in [0.2, 0.25) is 0 Å². The van der Waals surface area contributed by atoms with Crippen LogP contribution in [0.25, 0.3) is 10.9 Å². The van der Waals surface area contributed by atoms with E-state index in [1.165, 1.54) is 0 Å². The van der Waals surface area contributed by atoms with E-state index in [0.717, 1.165) is 28.8 Å². The SMILES string of the molecule is CCc1cccc(COc2cccc(OCc3cc(=O)c4ccccc4n3C)c2)c1OCC#N. The molecule has 4 rings (SSSR count). The summed E-state index contributed by atoms with van der Waals surface area (Å²) in [6.45, 7) is 2.60. The van der Waals surface area contributed by atoms with Crippen LogP contribution in [0.5, 0.6) is 17.2 Å². The van der Waals surface area contributed by atoms with Gasteiger partial charge in [0.1, 0.15) is 36.5 Å². The first-order valence-corrected chi connectivity index (χ1v) is 11.1. The number of nitriles is 1. The van der Waals surface area contributed by atoms with Gasteiger partial charge in [-0.1, -0.05) is 43.3 Å². The van der Waals surface area contributed by atoms with Crippen LogP contribution in [-0.4, -0.2) is 11.2 Å². The van der Waals surface area contributed by atoms with Crippen LogP contribution in [0, 0.1) is 11.3 Å². The Labute approximate surface area is 198 Å². The Morgan fingerprint density at radius 1 is 0.853 bits per heavy atom. The van der Waals surface area contributed by atoms with Gasteiger partial charge in [-0.25, -0.2) is 0 Å². The van der Waals surface area contributed by atoms with Crippen LogP contribution in [0.3, 0.4) is 0 Å². The molecule has 0 saturated heterocycles. The predicted molar refractivity (Wildman–Crippen MR) is 131 cm³/mol. The lowest BCUT2D eigenvalue weighted by Crippen LogP contribution is -2.13. The van der Waals surface area contributed by atoms with Crippen molar-refractivity contribution in [3.8, 4) is 23.3 Å². The molecule has 0 aliphatic carbocycles. The summed E-state index contributed by atoms with van der Waals surface area (Å²) in [7, 11) is 1.93. The molecule has 0 aliphatic rings. The molecule has 6 heteroatoms. The Morgan fingerprint density at radius 2 is 1.56 bits per heavy atom. The summed E-state index contributed by atoms with van der Waals surface area (Å²) in [5.41, 5.74) is 3.55. The molecule has 1 aromatic heterocycles. The third kappa shape index (κ3) is 5.05. The maximum atomic E-state index is 12.5. The maximum Gasteiger partial charge on any atom is 0.189 e. The maximum absolute atomic E-state index is 12.5. The lowest BCUT2D eigenvalue weighted by Gasteiger charge is -2.15.